The fraction of sp³-hybridized carbons (Fsp3) is 0.364. The van der Waals surface area contributed by atoms with Crippen molar-refractivity contribution in [2.24, 2.45) is 5.92 Å². The molecule has 0 aromatic heterocycles. The van der Waals surface area contributed by atoms with Crippen LogP contribution < -0.4 is 0 Å². The van der Waals surface area contributed by atoms with Crippen molar-refractivity contribution >= 4 is 10.0 Å². The Morgan fingerprint density at radius 3 is 2.28 bits per heavy atom. The van der Waals surface area contributed by atoms with Gasteiger partial charge in [0.15, 0.2) is 0 Å². The van der Waals surface area contributed by atoms with E-state index in [1.165, 1.54) is 10.5 Å². The number of ether oxygens (including phenoxy) is 1. The zero-order valence-electron chi connectivity index (χ0n) is 15.1. The highest BCUT2D eigenvalue weighted by Gasteiger charge is 2.38. The fourth-order valence-corrected chi connectivity index (χ4v) is 6.55. The van der Waals surface area contributed by atoms with Crippen LogP contribution in [0.4, 0.5) is 0 Å². The fourth-order valence-electron chi connectivity index (χ4n) is 3.69. The van der Waals surface area contributed by atoms with Gasteiger partial charge in [0.25, 0.3) is 0 Å². The molecule has 0 bridgehead atoms. The van der Waals surface area contributed by atoms with Gasteiger partial charge in [-0.3, -0.25) is 0 Å². The lowest BCUT2D eigenvalue weighted by molar-refractivity contribution is 0.0947. The zero-order chi connectivity index (χ0) is 17.7. The topological polar surface area (TPSA) is 29.5 Å². The quantitative estimate of drug-likeness (QED) is 0.733. The van der Waals surface area contributed by atoms with Crippen molar-refractivity contribution in [3.8, 4) is 0 Å². The van der Waals surface area contributed by atoms with Gasteiger partial charge in [0, 0.05) is 11.2 Å². The van der Waals surface area contributed by atoms with Crippen LogP contribution in [0, 0.1) is 5.92 Å². The maximum atomic E-state index is 9.79. The first kappa shape index (κ1) is 18.2. The van der Waals surface area contributed by atoms with E-state index >= 15 is 0 Å². The summed E-state index contributed by atoms with van der Waals surface area (Å²) in [6.07, 6.45) is 8.06. The summed E-state index contributed by atoms with van der Waals surface area (Å²) in [7, 11) is -0.969. The number of benzene rings is 2. The monoisotopic (exact) mass is 356 g/mol. The van der Waals surface area contributed by atoms with Gasteiger partial charge in [0.2, 0.25) is 0 Å². The molecule has 3 heteroatoms. The molecule has 0 saturated carbocycles. The highest BCUT2D eigenvalue weighted by Crippen LogP contribution is 2.59. The first-order valence-corrected chi connectivity index (χ1v) is 11.3. The average molecular weight is 357 g/mol. The third kappa shape index (κ3) is 4.17. The van der Waals surface area contributed by atoms with E-state index in [4.69, 9.17) is 4.74 Å². The van der Waals surface area contributed by atoms with Crippen LogP contribution in [-0.2, 0) is 11.3 Å². The molecule has 1 N–H and O–H groups in total. The molecule has 0 fully saturated rings. The molecule has 134 valence electrons. The minimum Gasteiger partial charge on any atom is -0.392 e. The molecular formula is C22H28O2S. The zero-order valence-corrected chi connectivity index (χ0v) is 15.9. The van der Waals surface area contributed by atoms with E-state index in [1.54, 1.807) is 0 Å². The molecule has 0 aliphatic heterocycles. The summed E-state index contributed by atoms with van der Waals surface area (Å²) in [4.78, 5) is 1.43. The smallest absolute Gasteiger partial charge is 0.0717 e. The van der Waals surface area contributed by atoms with Gasteiger partial charge in [-0.05, 0) is 35.0 Å². The Kier molecular flexibility index (Phi) is 6.00. The summed E-state index contributed by atoms with van der Waals surface area (Å²) >= 11 is 0. The molecular weight excluding hydrogens is 328 g/mol. The molecule has 0 radical (unpaired) electrons. The van der Waals surface area contributed by atoms with Crippen LogP contribution in [0.5, 0.6) is 0 Å². The Hall–Kier alpha value is -1.55. The molecule has 0 amide bonds. The second kappa shape index (κ2) is 8.22. The van der Waals surface area contributed by atoms with Crippen LogP contribution in [0.25, 0.3) is 0 Å². The van der Waals surface area contributed by atoms with Gasteiger partial charge >= 0.3 is 0 Å². The molecule has 2 nitrogen and oxygen atoms in total. The number of rotatable bonds is 7. The van der Waals surface area contributed by atoms with Crippen LogP contribution in [0.1, 0.15) is 12.0 Å². The highest BCUT2D eigenvalue weighted by atomic mass is 32.3. The van der Waals surface area contributed by atoms with Gasteiger partial charge in [-0.2, -0.15) is 0 Å². The summed E-state index contributed by atoms with van der Waals surface area (Å²) in [5.74, 6) is 0.305. The van der Waals surface area contributed by atoms with Gasteiger partial charge in [-0.25, -0.2) is 10.0 Å². The number of hydrogen-bond donors (Lipinski definition) is 1. The van der Waals surface area contributed by atoms with Crippen molar-refractivity contribution in [3.63, 3.8) is 0 Å². The third-order valence-electron chi connectivity index (χ3n) is 5.24. The van der Waals surface area contributed by atoms with Crippen molar-refractivity contribution in [3.05, 3.63) is 77.9 Å². The average Bonchev–Trinajstić information content (AvgIpc) is 3.07. The SMILES string of the molecule is CS(C)(c1ccccc1)C1CC=C(CO)C1COCc1ccccc1. The summed E-state index contributed by atoms with van der Waals surface area (Å²) in [5.41, 5.74) is 2.34. The number of hydrogen-bond acceptors (Lipinski definition) is 2. The van der Waals surface area contributed by atoms with Crippen LogP contribution in [0.2, 0.25) is 0 Å². The molecule has 2 unspecified atom stereocenters. The van der Waals surface area contributed by atoms with E-state index < -0.39 is 10.0 Å². The van der Waals surface area contributed by atoms with E-state index in [9.17, 15) is 5.11 Å². The molecule has 2 aromatic carbocycles. The van der Waals surface area contributed by atoms with Crippen LogP contribution in [0.3, 0.4) is 0 Å². The van der Waals surface area contributed by atoms with Crippen LogP contribution in [0.15, 0.2) is 77.2 Å². The standard InChI is InChI=1S/C22H28O2S/c1-25(2,20-11-7-4-8-12-20)22-14-13-19(15-23)21(22)17-24-16-18-9-5-3-6-10-18/h3-13,21-23H,14-17H2,1-2H3. The van der Waals surface area contributed by atoms with Crippen LogP contribution >= 0.6 is 10.0 Å². The second-order valence-corrected chi connectivity index (χ2v) is 10.9. The van der Waals surface area contributed by atoms with E-state index in [1.807, 2.05) is 18.2 Å². The molecule has 1 aliphatic rings. The molecule has 3 rings (SSSR count). The Morgan fingerprint density at radius 1 is 1.00 bits per heavy atom. The highest BCUT2D eigenvalue weighted by molar-refractivity contribution is 8.33. The Labute approximate surface area is 152 Å². The van der Waals surface area contributed by atoms with E-state index in [0.717, 1.165) is 12.0 Å². The molecule has 1 aliphatic carbocycles. The maximum absolute atomic E-state index is 9.79. The molecule has 2 aromatic rings. The van der Waals surface area contributed by atoms with Gasteiger partial charge in [0.05, 0.1) is 19.8 Å². The minimum atomic E-state index is -0.969. The minimum absolute atomic E-state index is 0.139. The van der Waals surface area contributed by atoms with Gasteiger partial charge in [0.1, 0.15) is 0 Å². The van der Waals surface area contributed by atoms with Gasteiger partial charge in [-0.1, -0.05) is 66.7 Å². The normalized spacial score (nSPS) is 21.2. The lowest BCUT2D eigenvalue weighted by atomic mass is 10.0. The number of aliphatic hydroxyl groups excluding tert-OH is 1. The first-order valence-electron chi connectivity index (χ1n) is 8.81. The Balaban J connectivity index is 1.71. The number of aliphatic hydroxyl groups is 1. The lowest BCUT2D eigenvalue weighted by Crippen LogP contribution is -2.28. The van der Waals surface area contributed by atoms with Gasteiger partial charge < -0.3 is 9.84 Å². The van der Waals surface area contributed by atoms with Crippen molar-refractivity contribution < 1.29 is 9.84 Å². The van der Waals surface area contributed by atoms with Crippen molar-refractivity contribution in [1.29, 1.82) is 0 Å². The molecule has 2 atom stereocenters. The maximum Gasteiger partial charge on any atom is 0.0717 e. The van der Waals surface area contributed by atoms with Crippen molar-refractivity contribution in [1.82, 2.24) is 0 Å². The summed E-state index contributed by atoms with van der Waals surface area (Å²) < 4.78 is 6.06. The Morgan fingerprint density at radius 2 is 1.64 bits per heavy atom. The first-order chi connectivity index (χ1) is 12.1. The predicted octanol–water partition coefficient (Wildman–Crippen LogP) is 4.63. The van der Waals surface area contributed by atoms with Crippen molar-refractivity contribution in [2.45, 2.75) is 23.2 Å². The molecule has 25 heavy (non-hydrogen) atoms. The van der Waals surface area contributed by atoms with Crippen molar-refractivity contribution in [2.75, 3.05) is 25.7 Å². The summed E-state index contributed by atoms with van der Waals surface area (Å²) in [6.45, 7) is 1.44. The summed E-state index contributed by atoms with van der Waals surface area (Å²) in [5, 5.41) is 10.3. The third-order valence-corrected chi connectivity index (χ3v) is 8.76. The molecule has 0 spiro atoms. The van der Waals surface area contributed by atoms with Gasteiger partial charge in [-0.15, -0.1) is 0 Å². The molecule has 0 heterocycles. The Bertz CT molecular complexity index is 694. The van der Waals surface area contributed by atoms with E-state index in [0.29, 0.717) is 24.4 Å². The lowest BCUT2D eigenvalue weighted by Gasteiger charge is -2.42. The molecule has 0 saturated heterocycles. The second-order valence-electron chi connectivity index (χ2n) is 7.04. The van der Waals surface area contributed by atoms with E-state index in [2.05, 4.69) is 61.1 Å². The largest absolute Gasteiger partial charge is 0.392 e. The van der Waals surface area contributed by atoms with Crippen LogP contribution in [-0.4, -0.2) is 36.1 Å². The number of allylic oxidation sites excluding steroid dienone is 1. The predicted molar refractivity (Wildman–Crippen MR) is 107 cm³/mol. The summed E-state index contributed by atoms with van der Waals surface area (Å²) in [6, 6.07) is 21.1. The van der Waals surface area contributed by atoms with E-state index in [-0.39, 0.29) is 6.61 Å².